The highest BCUT2D eigenvalue weighted by molar-refractivity contribution is 5.85. The SMILES string of the molecule is CCNC(=NCC(=O)NCCOC)NC1CC2CCC(C1)N2Cc1ccccc1. The Balaban J connectivity index is 1.51. The summed E-state index contributed by atoms with van der Waals surface area (Å²) in [5, 5.41) is 9.65. The second-order valence-electron chi connectivity index (χ2n) is 7.89. The molecule has 0 spiro atoms. The lowest BCUT2D eigenvalue weighted by molar-refractivity contribution is -0.119. The van der Waals surface area contributed by atoms with Crippen molar-refractivity contribution in [2.75, 3.05) is 33.4 Å². The number of fused-ring (bicyclic) bond motifs is 2. The summed E-state index contributed by atoms with van der Waals surface area (Å²) >= 11 is 0. The Hall–Kier alpha value is -2.12. The lowest BCUT2D eigenvalue weighted by Gasteiger charge is -2.39. The second kappa shape index (κ2) is 11.2. The third-order valence-corrected chi connectivity index (χ3v) is 5.79. The highest BCUT2D eigenvalue weighted by Crippen LogP contribution is 2.36. The predicted octanol–water partition coefficient (Wildman–Crippen LogP) is 1.50. The van der Waals surface area contributed by atoms with Crippen LogP contribution in [0.15, 0.2) is 35.3 Å². The number of ether oxygens (including phenoxy) is 1. The Morgan fingerprint density at radius 1 is 1.17 bits per heavy atom. The first-order chi connectivity index (χ1) is 14.2. The van der Waals surface area contributed by atoms with Crippen LogP contribution in [0, 0.1) is 0 Å². The van der Waals surface area contributed by atoms with Crippen molar-refractivity contribution in [3.63, 3.8) is 0 Å². The number of benzene rings is 1. The van der Waals surface area contributed by atoms with Crippen LogP contribution in [-0.4, -0.2) is 68.2 Å². The summed E-state index contributed by atoms with van der Waals surface area (Å²) < 4.78 is 4.95. The van der Waals surface area contributed by atoms with Gasteiger partial charge in [0.2, 0.25) is 5.91 Å². The first-order valence-electron chi connectivity index (χ1n) is 10.8. The second-order valence-corrected chi connectivity index (χ2v) is 7.89. The molecule has 1 aromatic carbocycles. The molecule has 3 rings (SSSR count). The van der Waals surface area contributed by atoms with Crippen molar-refractivity contribution in [1.82, 2.24) is 20.9 Å². The van der Waals surface area contributed by atoms with Gasteiger partial charge < -0.3 is 20.7 Å². The fraction of sp³-hybridized carbons (Fsp3) is 0.636. The molecule has 29 heavy (non-hydrogen) atoms. The molecule has 7 heteroatoms. The van der Waals surface area contributed by atoms with E-state index in [9.17, 15) is 4.79 Å². The van der Waals surface area contributed by atoms with Crippen molar-refractivity contribution < 1.29 is 9.53 Å². The van der Waals surface area contributed by atoms with Gasteiger partial charge in [-0.3, -0.25) is 9.69 Å². The quantitative estimate of drug-likeness (QED) is 0.332. The summed E-state index contributed by atoms with van der Waals surface area (Å²) in [4.78, 5) is 19.1. The number of hydrogen-bond donors (Lipinski definition) is 3. The van der Waals surface area contributed by atoms with Gasteiger partial charge in [0, 0.05) is 44.9 Å². The van der Waals surface area contributed by atoms with Gasteiger partial charge in [-0.25, -0.2) is 4.99 Å². The summed E-state index contributed by atoms with van der Waals surface area (Å²) in [5.41, 5.74) is 1.39. The van der Waals surface area contributed by atoms with Crippen molar-refractivity contribution in [3.05, 3.63) is 35.9 Å². The Kier molecular flexibility index (Phi) is 8.31. The first-order valence-corrected chi connectivity index (χ1v) is 10.8. The molecular formula is C22H35N5O2. The van der Waals surface area contributed by atoms with Gasteiger partial charge in [-0.2, -0.15) is 0 Å². The van der Waals surface area contributed by atoms with E-state index in [1.807, 2.05) is 6.92 Å². The van der Waals surface area contributed by atoms with Crippen LogP contribution in [0.5, 0.6) is 0 Å². The van der Waals surface area contributed by atoms with E-state index in [0.29, 0.717) is 31.3 Å². The van der Waals surface area contributed by atoms with Crippen LogP contribution < -0.4 is 16.0 Å². The molecule has 0 radical (unpaired) electrons. The minimum atomic E-state index is -0.0861. The number of nitrogens with zero attached hydrogens (tertiary/aromatic N) is 2. The van der Waals surface area contributed by atoms with E-state index in [4.69, 9.17) is 4.74 Å². The minimum absolute atomic E-state index is 0.0861. The molecule has 2 bridgehead atoms. The minimum Gasteiger partial charge on any atom is -0.383 e. The van der Waals surface area contributed by atoms with Crippen molar-refractivity contribution in [2.24, 2.45) is 4.99 Å². The molecule has 2 heterocycles. The zero-order chi connectivity index (χ0) is 20.5. The standard InChI is InChI=1S/C22H35N5O2/c1-3-23-22(25-15-21(28)24-11-12-29-2)26-18-13-19-9-10-20(14-18)27(19)16-17-7-5-4-6-8-17/h4-8,18-20H,3,9-16H2,1-2H3,(H,24,28)(H2,23,25,26). The Bertz CT molecular complexity index is 652. The lowest BCUT2D eigenvalue weighted by atomic mass is 9.96. The molecule has 2 atom stereocenters. The molecule has 2 aliphatic heterocycles. The molecule has 0 saturated carbocycles. The molecule has 2 fully saturated rings. The van der Waals surface area contributed by atoms with Crippen molar-refractivity contribution in [1.29, 1.82) is 0 Å². The normalized spacial score (nSPS) is 24.3. The molecule has 7 nitrogen and oxygen atoms in total. The topological polar surface area (TPSA) is 78.0 Å². The zero-order valence-corrected chi connectivity index (χ0v) is 17.7. The van der Waals surface area contributed by atoms with E-state index < -0.39 is 0 Å². The monoisotopic (exact) mass is 401 g/mol. The Morgan fingerprint density at radius 3 is 2.55 bits per heavy atom. The van der Waals surface area contributed by atoms with Gasteiger partial charge in [0.25, 0.3) is 0 Å². The number of piperidine rings is 1. The molecule has 2 aliphatic rings. The molecule has 3 N–H and O–H groups in total. The van der Waals surface area contributed by atoms with Crippen LogP contribution in [0.4, 0.5) is 0 Å². The summed E-state index contributed by atoms with van der Waals surface area (Å²) in [6.45, 7) is 5.01. The number of amides is 1. The van der Waals surface area contributed by atoms with E-state index >= 15 is 0 Å². The maximum absolute atomic E-state index is 11.9. The number of aliphatic imine (C=N–C) groups is 1. The maximum atomic E-state index is 11.9. The van der Waals surface area contributed by atoms with Gasteiger partial charge in [-0.15, -0.1) is 0 Å². The summed E-state index contributed by atoms with van der Waals surface area (Å²) in [6.07, 6.45) is 4.78. The van der Waals surface area contributed by atoms with Gasteiger partial charge in [-0.05, 0) is 38.2 Å². The molecule has 1 aromatic rings. The molecule has 1 amide bonds. The summed E-state index contributed by atoms with van der Waals surface area (Å²) in [6, 6.07) is 12.4. The highest BCUT2D eigenvalue weighted by Gasteiger charge is 2.40. The zero-order valence-electron chi connectivity index (χ0n) is 17.7. The number of carbonyl (C=O) groups is 1. The number of guanidine groups is 1. The Morgan fingerprint density at radius 2 is 1.90 bits per heavy atom. The third-order valence-electron chi connectivity index (χ3n) is 5.79. The van der Waals surface area contributed by atoms with Crippen LogP contribution in [-0.2, 0) is 16.1 Å². The predicted molar refractivity (Wildman–Crippen MR) is 116 cm³/mol. The van der Waals surface area contributed by atoms with Gasteiger partial charge in [-0.1, -0.05) is 30.3 Å². The van der Waals surface area contributed by atoms with Gasteiger partial charge in [0.1, 0.15) is 6.54 Å². The van der Waals surface area contributed by atoms with Crippen LogP contribution >= 0.6 is 0 Å². The number of hydrogen-bond acceptors (Lipinski definition) is 4. The molecule has 0 aliphatic carbocycles. The van der Waals surface area contributed by atoms with Crippen molar-refractivity contribution >= 4 is 11.9 Å². The van der Waals surface area contributed by atoms with Crippen LogP contribution in [0.1, 0.15) is 38.2 Å². The van der Waals surface area contributed by atoms with Crippen LogP contribution in [0.25, 0.3) is 0 Å². The molecule has 160 valence electrons. The van der Waals surface area contributed by atoms with E-state index in [2.05, 4.69) is 56.2 Å². The highest BCUT2D eigenvalue weighted by atomic mass is 16.5. The average Bonchev–Trinajstić information content (AvgIpc) is 2.95. The summed E-state index contributed by atoms with van der Waals surface area (Å²) in [7, 11) is 1.62. The molecule has 0 aromatic heterocycles. The fourth-order valence-corrected chi connectivity index (χ4v) is 4.46. The largest absolute Gasteiger partial charge is 0.383 e. The molecule has 2 unspecified atom stereocenters. The molecule has 2 saturated heterocycles. The number of nitrogens with one attached hydrogen (secondary N) is 3. The van der Waals surface area contributed by atoms with E-state index in [0.717, 1.165) is 31.9 Å². The fourth-order valence-electron chi connectivity index (χ4n) is 4.46. The smallest absolute Gasteiger partial charge is 0.241 e. The van der Waals surface area contributed by atoms with Gasteiger partial charge >= 0.3 is 0 Å². The van der Waals surface area contributed by atoms with E-state index in [1.165, 1.54) is 18.4 Å². The third kappa shape index (κ3) is 6.44. The number of carbonyl (C=O) groups excluding carboxylic acids is 1. The molecular weight excluding hydrogens is 366 g/mol. The first kappa shape index (κ1) is 21.6. The van der Waals surface area contributed by atoms with Crippen LogP contribution in [0.3, 0.4) is 0 Å². The van der Waals surface area contributed by atoms with Crippen molar-refractivity contribution in [2.45, 2.75) is 57.3 Å². The van der Waals surface area contributed by atoms with Gasteiger partial charge in [0.05, 0.1) is 6.61 Å². The van der Waals surface area contributed by atoms with Crippen LogP contribution in [0.2, 0.25) is 0 Å². The van der Waals surface area contributed by atoms with Crippen molar-refractivity contribution in [3.8, 4) is 0 Å². The van der Waals surface area contributed by atoms with Gasteiger partial charge in [0.15, 0.2) is 5.96 Å². The maximum Gasteiger partial charge on any atom is 0.241 e. The van der Waals surface area contributed by atoms with E-state index in [-0.39, 0.29) is 12.5 Å². The van der Waals surface area contributed by atoms with E-state index in [1.54, 1.807) is 7.11 Å². The Labute approximate surface area is 174 Å². The average molecular weight is 402 g/mol. The number of methoxy groups -OCH3 is 1. The lowest BCUT2D eigenvalue weighted by Crippen LogP contribution is -2.52. The summed E-state index contributed by atoms with van der Waals surface area (Å²) in [5.74, 6) is 0.646. The number of rotatable bonds is 9.